The zero-order valence-electron chi connectivity index (χ0n) is 10.4. The Morgan fingerprint density at radius 1 is 1.29 bits per heavy atom. The van der Waals surface area contributed by atoms with Crippen LogP contribution in [-0.2, 0) is 20.0 Å². The summed E-state index contributed by atoms with van der Waals surface area (Å²) in [6.45, 7) is 4.94. The standard InChI is InChI=1S/C12H19N5/c1-11-14-8-10-17(11)9-7-13-5-3-12-4-6-15-16(12)2/h4,6,8,10,13H,3,5,7,9H2,1-2H3. The third-order valence-corrected chi connectivity index (χ3v) is 2.93. The van der Waals surface area contributed by atoms with Gasteiger partial charge < -0.3 is 9.88 Å². The monoisotopic (exact) mass is 233 g/mol. The summed E-state index contributed by atoms with van der Waals surface area (Å²) in [4.78, 5) is 4.19. The molecule has 2 aromatic rings. The van der Waals surface area contributed by atoms with Crippen molar-refractivity contribution < 1.29 is 0 Å². The summed E-state index contributed by atoms with van der Waals surface area (Å²) in [6.07, 6.45) is 6.70. The lowest BCUT2D eigenvalue weighted by Gasteiger charge is -2.07. The molecule has 0 bridgehead atoms. The van der Waals surface area contributed by atoms with Crippen molar-refractivity contribution in [1.82, 2.24) is 24.6 Å². The van der Waals surface area contributed by atoms with Gasteiger partial charge in [0.15, 0.2) is 0 Å². The van der Waals surface area contributed by atoms with Crippen molar-refractivity contribution in [2.45, 2.75) is 19.9 Å². The van der Waals surface area contributed by atoms with Crippen molar-refractivity contribution >= 4 is 0 Å². The number of imidazole rings is 1. The van der Waals surface area contributed by atoms with Gasteiger partial charge in [-0.15, -0.1) is 0 Å². The highest BCUT2D eigenvalue weighted by Crippen LogP contribution is 1.96. The predicted molar refractivity (Wildman–Crippen MR) is 66.7 cm³/mol. The molecule has 17 heavy (non-hydrogen) atoms. The van der Waals surface area contributed by atoms with Gasteiger partial charge in [0.1, 0.15) is 5.82 Å². The summed E-state index contributed by atoms with van der Waals surface area (Å²) in [7, 11) is 1.98. The second kappa shape index (κ2) is 5.63. The topological polar surface area (TPSA) is 47.7 Å². The Morgan fingerprint density at radius 3 is 2.82 bits per heavy atom. The number of aromatic nitrogens is 4. The van der Waals surface area contributed by atoms with Crippen LogP contribution in [0.3, 0.4) is 0 Å². The first-order chi connectivity index (χ1) is 8.27. The number of hydrogen-bond donors (Lipinski definition) is 1. The van der Waals surface area contributed by atoms with E-state index in [0.29, 0.717) is 0 Å². The lowest BCUT2D eigenvalue weighted by atomic mass is 10.3. The third-order valence-electron chi connectivity index (χ3n) is 2.93. The first-order valence-corrected chi connectivity index (χ1v) is 5.92. The van der Waals surface area contributed by atoms with E-state index in [0.717, 1.165) is 31.9 Å². The predicted octanol–water partition coefficient (Wildman–Crippen LogP) is 0.757. The van der Waals surface area contributed by atoms with Crippen molar-refractivity contribution in [3.05, 3.63) is 36.2 Å². The molecule has 0 fully saturated rings. The van der Waals surface area contributed by atoms with Crippen LogP contribution in [0.1, 0.15) is 11.5 Å². The van der Waals surface area contributed by atoms with E-state index in [4.69, 9.17) is 0 Å². The molecule has 0 aromatic carbocycles. The van der Waals surface area contributed by atoms with Crippen molar-refractivity contribution in [2.24, 2.45) is 7.05 Å². The SMILES string of the molecule is Cc1nccn1CCNCCc1ccnn1C. The largest absolute Gasteiger partial charge is 0.334 e. The summed E-state index contributed by atoms with van der Waals surface area (Å²) < 4.78 is 4.07. The highest BCUT2D eigenvalue weighted by Gasteiger charge is 1.98. The van der Waals surface area contributed by atoms with Crippen LogP contribution in [0, 0.1) is 6.92 Å². The average Bonchev–Trinajstić information content (AvgIpc) is 2.89. The van der Waals surface area contributed by atoms with Crippen LogP contribution in [0.4, 0.5) is 0 Å². The van der Waals surface area contributed by atoms with Crippen LogP contribution in [0.25, 0.3) is 0 Å². The van der Waals surface area contributed by atoms with E-state index in [1.54, 1.807) is 0 Å². The molecule has 0 saturated heterocycles. The van der Waals surface area contributed by atoms with E-state index in [-0.39, 0.29) is 0 Å². The van der Waals surface area contributed by atoms with E-state index in [2.05, 4.69) is 26.0 Å². The van der Waals surface area contributed by atoms with Gasteiger partial charge in [0.25, 0.3) is 0 Å². The Hall–Kier alpha value is -1.62. The normalized spacial score (nSPS) is 10.9. The molecule has 5 heteroatoms. The molecule has 92 valence electrons. The molecule has 0 aliphatic carbocycles. The number of hydrogen-bond acceptors (Lipinski definition) is 3. The fourth-order valence-corrected chi connectivity index (χ4v) is 1.83. The van der Waals surface area contributed by atoms with E-state index in [1.165, 1.54) is 5.69 Å². The van der Waals surface area contributed by atoms with Gasteiger partial charge in [-0.3, -0.25) is 4.68 Å². The molecule has 0 atom stereocenters. The summed E-state index contributed by atoms with van der Waals surface area (Å²) in [5, 5.41) is 7.57. The van der Waals surface area contributed by atoms with Gasteiger partial charge in [0.2, 0.25) is 0 Å². The van der Waals surface area contributed by atoms with Gasteiger partial charge in [-0.1, -0.05) is 0 Å². The average molecular weight is 233 g/mol. The molecule has 2 heterocycles. The van der Waals surface area contributed by atoms with Gasteiger partial charge in [-0.25, -0.2) is 4.98 Å². The van der Waals surface area contributed by atoms with E-state index in [1.807, 2.05) is 37.2 Å². The fourth-order valence-electron chi connectivity index (χ4n) is 1.83. The van der Waals surface area contributed by atoms with Crippen LogP contribution in [0.2, 0.25) is 0 Å². The highest BCUT2D eigenvalue weighted by molar-refractivity contribution is 5.00. The molecule has 0 aliphatic heterocycles. The second-order valence-electron chi connectivity index (χ2n) is 4.11. The summed E-state index contributed by atoms with van der Waals surface area (Å²) >= 11 is 0. The van der Waals surface area contributed by atoms with Crippen molar-refractivity contribution in [1.29, 1.82) is 0 Å². The summed E-state index contributed by atoms with van der Waals surface area (Å²) in [6, 6.07) is 2.06. The lowest BCUT2D eigenvalue weighted by molar-refractivity contribution is 0.579. The first-order valence-electron chi connectivity index (χ1n) is 5.92. The van der Waals surface area contributed by atoms with Crippen molar-refractivity contribution in [3.8, 4) is 0 Å². The molecule has 5 nitrogen and oxygen atoms in total. The Bertz CT molecular complexity index is 415. The Labute approximate surface area is 101 Å². The molecule has 0 radical (unpaired) electrons. The van der Waals surface area contributed by atoms with Crippen molar-refractivity contribution in [3.63, 3.8) is 0 Å². The molecule has 0 amide bonds. The van der Waals surface area contributed by atoms with Gasteiger partial charge in [0.05, 0.1) is 0 Å². The van der Waals surface area contributed by atoms with Gasteiger partial charge >= 0.3 is 0 Å². The molecule has 0 saturated carbocycles. The molecular weight excluding hydrogens is 214 g/mol. The van der Waals surface area contributed by atoms with Crippen LogP contribution >= 0.6 is 0 Å². The Kier molecular flexibility index (Phi) is 3.93. The minimum Gasteiger partial charge on any atom is -0.334 e. The fraction of sp³-hybridized carbons (Fsp3) is 0.500. The van der Waals surface area contributed by atoms with Gasteiger partial charge in [0, 0.05) is 57.4 Å². The lowest BCUT2D eigenvalue weighted by Crippen LogP contribution is -2.23. The number of rotatable bonds is 6. The maximum atomic E-state index is 4.19. The number of nitrogens with one attached hydrogen (secondary N) is 1. The zero-order valence-corrected chi connectivity index (χ0v) is 10.4. The molecule has 1 N–H and O–H groups in total. The molecule has 2 rings (SSSR count). The van der Waals surface area contributed by atoms with Crippen LogP contribution in [0.15, 0.2) is 24.7 Å². The minimum absolute atomic E-state index is 0.967. The zero-order chi connectivity index (χ0) is 12.1. The number of nitrogens with zero attached hydrogens (tertiary/aromatic N) is 4. The van der Waals surface area contributed by atoms with Gasteiger partial charge in [-0.05, 0) is 13.0 Å². The van der Waals surface area contributed by atoms with E-state index < -0.39 is 0 Å². The number of aryl methyl sites for hydroxylation is 2. The summed E-state index contributed by atoms with van der Waals surface area (Å²) in [5.74, 6) is 1.07. The molecular formula is C12H19N5. The minimum atomic E-state index is 0.967. The Morgan fingerprint density at radius 2 is 2.18 bits per heavy atom. The summed E-state index contributed by atoms with van der Waals surface area (Å²) in [5.41, 5.74) is 1.26. The maximum Gasteiger partial charge on any atom is 0.105 e. The van der Waals surface area contributed by atoms with Crippen molar-refractivity contribution in [2.75, 3.05) is 13.1 Å². The van der Waals surface area contributed by atoms with Crippen LogP contribution in [-0.4, -0.2) is 32.4 Å². The van der Waals surface area contributed by atoms with Crippen LogP contribution < -0.4 is 5.32 Å². The smallest absolute Gasteiger partial charge is 0.105 e. The van der Waals surface area contributed by atoms with E-state index in [9.17, 15) is 0 Å². The third kappa shape index (κ3) is 3.17. The van der Waals surface area contributed by atoms with Gasteiger partial charge in [-0.2, -0.15) is 5.10 Å². The first kappa shape index (κ1) is 11.9. The van der Waals surface area contributed by atoms with E-state index >= 15 is 0 Å². The molecule has 2 aromatic heterocycles. The quantitative estimate of drug-likeness (QED) is 0.749. The maximum absolute atomic E-state index is 4.19. The highest BCUT2D eigenvalue weighted by atomic mass is 15.3. The second-order valence-corrected chi connectivity index (χ2v) is 4.11. The molecule has 0 spiro atoms. The van der Waals surface area contributed by atoms with Crippen LogP contribution in [0.5, 0.6) is 0 Å². The molecule has 0 unspecified atom stereocenters. The Balaban J connectivity index is 1.64. The molecule has 0 aliphatic rings.